The summed E-state index contributed by atoms with van der Waals surface area (Å²) in [6, 6.07) is 14.4. The Bertz CT molecular complexity index is 1530. The summed E-state index contributed by atoms with van der Waals surface area (Å²) in [5, 5.41) is 15.8. The predicted octanol–water partition coefficient (Wildman–Crippen LogP) is 3.97. The van der Waals surface area contributed by atoms with Gasteiger partial charge < -0.3 is 15.0 Å². The van der Waals surface area contributed by atoms with Crippen molar-refractivity contribution in [1.29, 1.82) is 0 Å². The molecule has 5 aromatic rings. The maximum atomic E-state index is 13.7. The lowest BCUT2D eigenvalue weighted by atomic mass is 10.0. The Labute approximate surface area is 208 Å². The molecule has 1 aliphatic rings. The van der Waals surface area contributed by atoms with Crippen molar-refractivity contribution in [1.82, 2.24) is 29.5 Å². The molecule has 5 heterocycles. The molecule has 1 fully saturated rings. The number of aliphatic hydroxyl groups excluding tert-OH is 1. The van der Waals surface area contributed by atoms with Gasteiger partial charge in [0.1, 0.15) is 23.0 Å². The summed E-state index contributed by atoms with van der Waals surface area (Å²) < 4.78 is 15.6. The summed E-state index contributed by atoms with van der Waals surface area (Å²) in [6.07, 6.45) is 3.64. The van der Waals surface area contributed by atoms with Crippen LogP contribution in [0.3, 0.4) is 0 Å². The third-order valence-electron chi connectivity index (χ3n) is 7.14. The summed E-state index contributed by atoms with van der Waals surface area (Å²) >= 11 is 0. The number of halogens is 1. The minimum atomic E-state index is -0.287. The second-order valence-corrected chi connectivity index (χ2v) is 9.82. The van der Waals surface area contributed by atoms with Gasteiger partial charge in [-0.05, 0) is 62.4 Å². The summed E-state index contributed by atoms with van der Waals surface area (Å²) in [6.45, 7) is 7.58. The Morgan fingerprint density at radius 2 is 1.78 bits per heavy atom. The topological polar surface area (TPSA) is 85.6 Å². The number of hydrogen-bond donors (Lipinski definition) is 2. The Morgan fingerprint density at radius 3 is 2.53 bits per heavy atom. The third kappa shape index (κ3) is 3.81. The third-order valence-corrected chi connectivity index (χ3v) is 7.14. The van der Waals surface area contributed by atoms with E-state index in [1.807, 2.05) is 35.0 Å². The Balaban J connectivity index is 1.47. The van der Waals surface area contributed by atoms with Gasteiger partial charge in [-0.3, -0.25) is 4.90 Å². The van der Waals surface area contributed by atoms with E-state index in [1.165, 1.54) is 12.1 Å². The quantitative estimate of drug-likeness (QED) is 0.392. The molecule has 8 nitrogen and oxygen atoms in total. The molecule has 36 heavy (non-hydrogen) atoms. The molecule has 0 atom stereocenters. The van der Waals surface area contributed by atoms with Crippen LogP contribution in [-0.4, -0.2) is 72.9 Å². The standard InChI is InChI=1S/C27H28FN7O/c1-27(2,17-36)34-15-13-33(14-16-34)23-8-7-22-31-24(18-3-5-19(28)6-4-18)25(35(22)32-23)20-9-11-29-26-21(20)10-12-30-26/h3-12,36H,13-17H2,1-2H3,(H,29,30). The maximum Gasteiger partial charge on any atom is 0.155 e. The molecular weight excluding hydrogens is 457 g/mol. The number of nitrogens with one attached hydrogen (secondary N) is 1. The number of nitrogens with zero attached hydrogens (tertiary/aromatic N) is 6. The Kier molecular flexibility index (Phi) is 5.46. The SMILES string of the molecule is CC(C)(CO)N1CCN(c2ccc3nc(-c4ccc(F)cc4)c(-c4ccnc5[nH]ccc45)n3n2)CC1. The van der Waals surface area contributed by atoms with Gasteiger partial charge in [0, 0.05) is 60.6 Å². The van der Waals surface area contributed by atoms with Crippen LogP contribution in [0.4, 0.5) is 10.2 Å². The number of aliphatic hydroxyl groups is 1. The van der Waals surface area contributed by atoms with E-state index in [0.29, 0.717) is 5.65 Å². The number of imidazole rings is 1. The van der Waals surface area contributed by atoms with Crippen molar-refractivity contribution >= 4 is 22.5 Å². The first kappa shape index (κ1) is 22.6. The van der Waals surface area contributed by atoms with Crippen LogP contribution in [0, 0.1) is 5.82 Å². The van der Waals surface area contributed by atoms with E-state index in [-0.39, 0.29) is 18.0 Å². The number of aromatic nitrogens is 5. The number of hydrogen-bond acceptors (Lipinski definition) is 6. The van der Waals surface area contributed by atoms with Crippen LogP contribution in [0.25, 0.3) is 39.2 Å². The van der Waals surface area contributed by atoms with Crippen molar-refractivity contribution in [3.63, 3.8) is 0 Å². The van der Waals surface area contributed by atoms with E-state index < -0.39 is 0 Å². The number of rotatable bonds is 5. The highest BCUT2D eigenvalue weighted by Gasteiger charge is 2.30. The Hall–Kier alpha value is -3.82. The van der Waals surface area contributed by atoms with Crippen LogP contribution in [0.15, 0.2) is 60.9 Å². The molecule has 0 amide bonds. The monoisotopic (exact) mass is 485 g/mol. The lowest BCUT2D eigenvalue weighted by Crippen LogP contribution is -2.56. The van der Waals surface area contributed by atoms with Crippen LogP contribution < -0.4 is 4.90 Å². The highest BCUT2D eigenvalue weighted by molar-refractivity contribution is 5.96. The summed E-state index contributed by atoms with van der Waals surface area (Å²) in [4.78, 5) is 17.1. The molecule has 9 heteroatoms. The average Bonchev–Trinajstić information content (AvgIpc) is 3.54. The lowest BCUT2D eigenvalue weighted by molar-refractivity contribution is 0.0525. The smallest absolute Gasteiger partial charge is 0.155 e. The molecule has 4 aromatic heterocycles. The van der Waals surface area contributed by atoms with E-state index in [1.54, 1.807) is 18.3 Å². The molecular formula is C27H28FN7O. The van der Waals surface area contributed by atoms with Gasteiger partial charge in [-0.25, -0.2) is 18.9 Å². The van der Waals surface area contributed by atoms with Gasteiger partial charge in [-0.1, -0.05) is 0 Å². The number of aromatic amines is 1. The van der Waals surface area contributed by atoms with Gasteiger partial charge in [-0.2, -0.15) is 0 Å². The first-order valence-corrected chi connectivity index (χ1v) is 12.1. The molecule has 0 radical (unpaired) electrons. The fourth-order valence-electron chi connectivity index (χ4n) is 4.95. The minimum Gasteiger partial charge on any atom is -0.394 e. The molecule has 184 valence electrons. The second-order valence-electron chi connectivity index (χ2n) is 9.82. The highest BCUT2D eigenvalue weighted by atomic mass is 19.1. The van der Waals surface area contributed by atoms with Crippen LogP contribution in [0.1, 0.15) is 13.8 Å². The normalized spacial score (nSPS) is 15.3. The van der Waals surface area contributed by atoms with E-state index in [9.17, 15) is 9.50 Å². The van der Waals surface area contributed by atoms with Crippen molar-refractivity contribution in [2.75, 3.05) is 37.7 Å². The molecule has 0 bridgehead atoms. The van der Waals surface area contributed by atoms with Crippen molar-refractivity contribution < 1.29 is 9.50 Å². The number of H-pyrrole nitrogens is 1. The molecule has 2 N–H and O–H groups in total. The van der Waals surface area contributed by atoms with Crippen LogP contribution in [0.5, 0.6) is 0 Å². The molecule has 0 unspecified atom stereocenters. The van der Waals surface area contributed by atoms with Crippen LogP contribution in [-0.2, 0) is 0 Å². The van der Waals surface area contributed by atoms with E-state index in [2.05, 4.69) is 33.6 Å². The van der Waals surface area contributed by atoms with Crippen LogP contribution in [0.2, 0.25) is 0 Å². The maximum absolute atomic E-state index is 13.7. The molecule has 0 spiro atoms. The summed E-state index contributed by atoms with van der Waals surface area (Å²) in [5.74, 6) is 0.581. The van der Waals surface area contributed by atoms with Crippen molar-refractivity contribution in [3.05, 3.63) is 66.7 Å². The molecule has 6 rings (SSSR count). The zero-order valence-corrected chi connectivity index (χ0v) is 20.3. The number of fused-ring (bicyclic) bond motifs is 2. The summed E-state index contributed by atoms with van der Waals surface area (Å²) in [7, 11) is 0. The average molecular weight is 486 g/mol. The van der Waals surface area contributed by atoms with Gasteiger partial charge in [0.15, 0.2) is 5.65 Å². The number of pyridine rings is 1. The minimum absolute atomic E-state index is 0.126. The molecule has 0 aliphatic carbocycles. The number of benzene rings is 1. The van der Waals surface area contributed by atoms with E-state index >= 15 is 0 Å². The molecule has 1 aromatic carbocycles. The van der Waals surface area contributed by atoms with Gasteiger partial charge in [-0.15, -0.1) is 5.10 Å². The van der Waals surface area contributed by atoms with Gasteiger partial charge in [0.05, 0.1) is 12.3 Å². The predicted molar refractivity (Wildman–Crippen MR) is 138 cm³/mol. The van der Waals surface area contributed by atoms with Crippen LogP contribution >= 0.6 is 0 Å². The van der Waals surface area contributed by atoms with Gasteiger partial charge in [0.25, 0.3) is 0 Å². The van der Waals surface area contributed by atoms with E-state index in [4.69, 9.17) is 10.1 Å². The lowest BCUT2D eigenvalue weighted by Gasteiger charge is -2.43. The first-order chi connectivity index (χ1) is 17.4. The first-order valence-electron chi connectivity index (χ1n) is 12.1. The van der Waals surface area contributed by atoms with E-state index in [0.717, 1.165) is 65.5 Å². The largest absolute Gasteiger partial charge is 0.394 e. The Morgan fingerprint density at radius 1 is 1.00 bits per heavy atom. The number of piperazine rings is 1. The molecule has 1 aliphatic heterocycles. The van der Waals surface area contributed by atoms with Crippen molar-refractivity contribution in [2.45, 2.75) is 19.4 Å². The molecule has 0 saturated carbocycles. The zero-order valence-electron chi connectivity index (χ0n) is 20.3. The van der Waals surface area contributed by atoms with Crippen molar-refractivity contribution in [2.24, 2.45) is 0 Å². The van der Waals surface area contributed by atoms with Gasteiger partial charge >= 0.3 is 0 Å². The fraction of sp³-hybridized carbons (Fsp3) is 0.296. The second kappa shape index (κ2) is 8.69. The zero-order chi connectivity index (χ0) is 24.9. The summed E-state index contributed by atoms with van der Waals surface area (Å²) in [5.41, 5.74) is 4.60. The fourth-order valence-corrected chi connectivity index (χ4v) is 4.95. The highest BCUT2D eigenvalue weighted by Crippen LogP contribution is 2.36. The molecule has 1 saturated heterocycles. The van der Waals surface area contributed by atoms with Gasteiger partial charge in [0.2, 0.25) is 0 Å². The van der Waals surface area contributed by atoms with Crippen molar-refractivity contribution in [3.8, 4) is 22.5 Å². The number of anilines is 1.